The van der Waals surface area contributed by atoms with Crippen LogP contribution in [0.25, 0.3) is 22.0 Å². The molecule has 0 bridgehead atoms. The summed E-state index contributed by atoms with van der Waals surface area (Å²) in [4.78, 5) is 53.2. The van der Waals surface area contributed by atoms with E-state index in [4.69, 9.17) is 0 Å². The third-order valence-corrected chi connectivity index (χ3v) is 8.58. The van der Waals surface area contributed by atoms with Crippen LogP contribution in [0.2, 0.25) is 0 Å². The fourth-order valence-electron chi connectivity index (χ4n) is 5.93. The molecule has 210 valence electrons. The number of nitrogens with zero attached hydrogens (tertiary/aromatic N) is 6. The summed E-state index contributed by atoms with van der Waals surface area (Å²) in [5.41, 5.74) is 3.63. The van der Waals surface area contributed by atoms with Crippen molar-refractivity contribution in [2.75, 3.05) is 5.32 Å². The predicted octanol–water partition coefficient (Wildman–Crippen LogP) is 4.63. The minimum Gasteiger partial charge on any atom is -0.325 e. The first-order valence-corrected chi connectivity index (χ1v) is 14.0. The maximum Gasteiger partial charge on any atom is 0.308 e. The van der Waals surface area contributed by atoms with Gasteiger partial charge in [0.15, 0.2) is 5.78 Å². The molecule has 1 aliphatic heterocycles. The van der Waals surface area contributed by atoms with Gasteiger partial charge in [0.2, 0.25) is 11.8 Å². The molecule has 0 radical (unpaired) electrons. The Morgan fingerprint density at radius 3 is 2.54 bits per heavy atom. The maximum absolute atomic E-state index is 13.9. The second kappa shape index (κ2) is 9.79. The van der Waals surface area contributed by atoms with Gasteiger partial charge in [0.05, 0.1) is 5.52 Å². The zero-order chi connectivity index (χ0) is 29.2. The van der Waals surface area contributed by atoms with Crippen LogP contribution in [0.15, 0.2) is 41.3 Å². The Morgan fingerprint density at radius 2 is 1.83 bits per heavy atom. The van der Waals surface area contributed by atoms with Crippen molar-refractivity contribution < 1.29 is 18.8 Å². The Labute approximate surface area is 243 Å². The lowest BCUT2D eigenvalue weighted by Crippen LogP contribution is -2.47. The van der Waals surface area contributed by atoms with Crippen LogP contribution in [-0.2, 0) is 16.1 Å². The van der Waals surface area contributed by atoms with E-state index < -0.39 is 12.1 Å². The Balaban J connectivity index is 1.32. The number of hydrogen-bond donors (Lipinski definition) is 1. The topological polar surface area (TPSA) is 123 Å². The van der Waals surface area contributed by atoms with Crippen LogP contribution in [0.1, 0.15) is 48.3 Å². The van der Waals surface area contributed by atoms with Gasteiger partial charge in [-0.2, -0.15) is 9.49 Å². The molecule has 10 nitrogen and oxygen atoms in total. The normalized spacial score (nSPS) is 21.2. The predicted molar refractivity (Wildman–Crippen MR) is 153 cm³/mol. The molecule has 2 amide bonds. The van der Waals surface area contributed by atoms with Crippen molar-refractivity contribution in [3.63, 3.8) is 0 Å². The number of nitrogens with one attached hydrogen (secondary N) is 1. The van der Waals surface area contributed by atoms with Gasteiger partial charge in [-0.3, -0.25) is 19.1 Å². The molecule has 3 aromatic heterocycles. The van der Waals surface area contributed by atoms with Crippen LogP contribution in [-0.4, -0.2) is 59.3 Å². The zero-order valence-corrected chi connectivity index (χ0v) is 24.5. The monoisotopic (exact) mass is 619 g/mol. The number of hydrogen-bond acceptors (Lipinski definition) is 7. The van der Waals surface area contributed by atoms with Crippen molar-refractivity contribution in [3.8, 4) is 11.1 Å². The lowest BCUT2D eigenvalue weighted by atomic mass is 10.0. The summed E-state index contributed by atoms with van der Waals surface area (Å²) in [6.07, 6.45) is 3.31. The van der Waals surface area contributed by atoms with Gasteiger partial charge in [-0.05, 0) is 82.9 Å². The van der Waals surface area contributed by atoms with E-state index >= 15 is 0 Å². The smallest absolute Gasteiger partial charge is 0.308 e. The number of halogens is 2. The molecule has 1 aliphatic carbocycles. The molecule has 2 fully saturated rings. The highest BCUT2D eigenvalue weighted by molar-refractivity contribution is 9.10. The van der Waals surface area contributed by atoms with Gasteiger partial charge >= 0.3 is 6.08 Å². The molecule has 41 heavy (non-hydrogen) atoms. The Kier molecular flexibility index (Phi) is 6.48. The number of carbonyl (C=O) groups excluding carboxylic acids is 3. The number of anilines is 1. The van der Waals surface area contributed by atoms with E-state index in [-0.39, 0.29) is 41.3 Å². The van der Waals surface area contributed by atoms with Crippen LogP contribution >= 0.6 is 15.9 Å². The van der Waals surface area contributed by atoms with Gasteiger partial charge in [-0.25, -0.2) is 15.0 Å². The number of aromatic nitrogens is 5. The fourth-order valence-corrected chi connectivity index (χ4v) is 6.24. The van der Waals surface area contributed by atoms with Gasteiger partial charge < -0.3 is 10.2 Å². The average molecular weight is 620 g/mol. The van der Waals surface area contributed by atoms with E-state index in [0.717, 1.165) is 17.5 Å². The Morgan fingerprint density at radius 1 is 1.10 bits per heavy atom. The lowest BCUT2D eigenvalue weighted by molar-refractivity contribution is -0.138. The average Bonchev–Trinajstić information content (AvgIpc) is 3.27. The summed E-state index contributed by atoms with van der Waals surface area (Å²) in [5.74, 6) is -0.328. The number of rotatable bonds is 6. The number of piperidine rings is 1. The minimum atomic E-state index is -0.828. The summed E-state index contributed by atoms with van der Waals surface area (Å²) >= 11 is 3.34. The number of pyridine rings is 1. The maximum atomic E-state index is 13.9. The first-order chi connectivity index (χ1) is 19.4. The molecular weight excluding hydrogens is 593 g/mol. The van der Waals surface area contributed by atoms with Crippen molar-refractivity contribution >= 4 is 50.2 Å². The van der Waals surface area contributed by atoms with Crippen LogP contribution < -0.4 is 5.32 Å². The number of likely N-dealkylation sites (tertiary alicyclic amines) is 1. The van der Waals surface area contributed by atoms with Crippen molar-refractivity contribution in [1.82, 2.24) is 29.6 Å². The van der Waals surface area contributed by atoms with E-state index in [1.807, 2.05) is 26.0 Å². The molecule has 1 aromatic carbocycles. The highest BCUT2D eigenvalue weighted by Gasteiger charge is 2.64. The largest absolute Gasteiger partial charge is 0.325 e. The highest BCUT2D eigenvalue weighted by Crippen LogP contribution is 2.59. The fraction of sp³-hybridized carbons (Fsp3) is 0.345. The molecule has 2 aliphatic rings. The minimum absolute atomic E-state index is 0.0393. The molecule has 1 saturated heterocycles. The molecule has 0 unspecified atom stereocenters. The molecule has 1 N–H and O–H groups in total. The number of benzene rings is 1. The summed E-state index contributed by atoms with van der Waals surface area (Å²) in [7, 11) is 0. The van der Waals surface area contributed by atoms with Gasteiger partial charge in [0.1, 0.15) is 28.7 Å². The third kappa shape index (κ3) is 4.79. The molecule has 0 spiro atoms. The number of Topliss-reactive ketones (excluding diaryl/α,β-unsaturated/α-hetero) is 1. The third-order valence-electron chi connectivity index (χ3n) is 8.14. The number of aryl methyl sites for hydroxylation is 2. The summed E-state index contributed by atoms with van der Waals surface area (Å²) < 4.78 is 15.4. The second-order valence-corrected chi connectivity index (χ2v) is 12.0. The second-order valence-electron chi connectivity index (χ2n) is 11.2. The highest BCUT2D eigenvalue weighted by atomic mass is 79.9. The van der Waals surface area contributed by atoms with Crippen LogP contribution in [0.3, 0.4) is 0 Å². The Bertz CT molecular complexity index is 1760. The van der Waals surface area contributed by atoms with Gasteiger partial charge in [0, 0.05) is 36.3 Å². The molecule has 4 aromatic rings. The summed E-state index contributed by atoms with van der Waals surface area (Å²) in [6.45, 7) is 7.10. The van der Waals surface area contributed by atoms with E-state index in [1.165, 1.54) is 19.3 Å². The van der Waals surface area contributed by atoms with Crippen LogP contribution in [0.4, 0.5) is 10.2 Å². The standard InChI is InChI=1S/C29H27BrFN7O3/c1-14-5-6-22(30)34-26(14)35-27(41)20-9-29(4)10-21(29)38(20)23(40)13-37-25-15(2)7-17(18-11-32-28(31)33-12-18)8-19(25)24(36-37)16(3)39/h5-8,11-12,20-21H,9-10,13H2,1-4H3,(H,34,35,41)/t20-,21+,29-/m0/s1. The SMILES string of the molecule is CC(=O)c1nn(CC(=O)N2[C@H](C(=O)Nc3nc(Br)ccc3C)C[C@@]3(C)C[C@@H]23)c2c(C)cc(-c3cnc(F)nc3)cc12. The number of ketones is 1. The lowest BCUT2D eigenvalue weighted by Gasteiger charge is -2.27. The summed E-state index contributed by atoms with van der Waals surface area (Å²) in [6, 6.07) is 6.61. The van der Waals surface area contributed by atoms with E-state index in [0.29, 0.717) is 38.9 Å². The van der Waals surface area contributed by atoms with Gasteiger partial charge in [0.25, 0.3) is 0 Å². The summed E-state index contributed by atoms with van der Waals surface area (Å²) in [5, 5.41) is 8.02. The molecule has 1 saturated carbocycles. The van der Waals surface area contributed by atoms with E-state index in [2.05, 4.69) is 48.2 Å². The van der Waals surface area contributed by atoms with Crippen molar-refractivity contribution in [1.29, 1.82) is 0 Å². The van der Waals surface area contributed by atoms with Crippen molar-refractivity contribution in [2.24, 2.45) is 5.41 Å². The van der Waals surface area contributed by atoms with Gasteiger partial charge in [-0.15, -0.1) is 0 Å². The number of fused-ring (bicyclic) bond motifs is 2. The van der Waals surface area contributed by atoms with Crippen LogP contribution in [0, 0.1) is 25.3 Å². The van der Waals surface area contributed by atoms with Crippen molar-refractivity contribution in [2.45, 2.75) is 59.2 Å². The molecule has 6 rings (SSSR count). The zero-order valence-electron chi connectivity index (χ0n) is 22.9. The van der Waals surface area contributed by atoms with E-state index in [1.54, 1.807) is 21.7 Å². The molecule has 3 atom stereocenters. The Hall–Kier alpha value is -4.06. The van der Waals surface area contributed by atoms with Gasteiger partial charge in [-0.1, -0.05) is 13.0 Å². The molecular formula is C29H27BrFN7O3. The van der Waals surface area contributed by atoms with Crippen molar-refractivity contribution in [3.05, 3.63) is 64.2 Å². The van der Waals surface area contributed by atoms with Crippen LogP contribution in [0.5, 0.6) is 0 Å². The first kappa shape index (κ1) is 27.1. The molecule has 4 heterocycles. The molecule has 12 heteroatoms. The van der Waals surface area contributed by atoms with E-state index in [9.17, 15) is 18.8 Å². The first-order valence-electron chi connectivity index (χ1n) is 13.2. The number of amides is 2. The number of carbonyl (C=O) groups is 3. The quantitative estimate of drug-likeness (QED) is 0.190.